The van der Waals surface area contributed by atoms with Crippen LogP contribution in [-0.4, -0.2) is 47.7 Å². The van der Waals surface area contributed by atoms with Crippen molar-refractivity contribution in [3.63, 3.8) is 0 Å². The maximum Gasteiger partial charge on any atom is 0.265 e. The van der Waals surface area contributed by atoms with E-state index in [1.807, 2.05) is 11.6 Å². The topological polar surface area (TPSA) is 76.5 Å². The minimum atomic E-state index is -0.309. The van der Waals surface area contributed by atoms with E-state index in [1.165, 1.54) is 35.5 Å². The molecule has 2 aromatic heterocycles. The lowest BCUT2D eigenvalue weighted by atomic mass is 10.1. The maximum absolute atomic E-state index is 13.2. The molecule has 0 aliphatic carbocycles. The molecule has 0 atom stereocenters. The van der Waals surface area contributed by atoms with Gasteiger partial charge in [0.25, 0.3) is 11.8 Å². The normalized spacial score (nSPS) is 10.9. The van der Waals surface area contributed by atoms with Gasteiger partial charge in [0.15, 0.2) is 0 Å². The van der Waals surface area contributed by atoms with E-state index >= 15 is 0 Å². The molecule has 0 bridgehead atoms. The number of nitrogens with one attached hydrogen (secondary N) is 1. The van der Waals surface area contributed by atoms with Gasteiger partial charge in [-0.05, 0) is 48.9 Å². The molecular formula is C24H23FN4O3S. The van der Waals surface area contributed by atoms with Crippen molar-refractivity contribution in [2.24, 2.45) is 0 Å². The van der Waals surface area contributed by atoms with E-state index in [2.05, 4.69) is 10.4 Å². The number of anilines is 1. The fraction of sp³-hybridized carbons (Fsp3) is 0.208. The number of halogens is 1. The van der Waals surface area contributed by atoms with Crippen LogP contribution in [-0.2, 0) is 6.54 Å². The van der Waals surface area contributed by atoms with Crippen LogP contribution in [0.25, 0.3) is 10.2 Å². The number of benzene rings is 2. The van der Waals surface area contributed by atoms with Gasteiger partial charge in [0, 0.05) is 25.0 Å². The van der Waals surface area contributed by atoms with E-state index in [0.29, 0.717) is 28.4 Å². The molecular weight excluding hydrogens is 443 g/mol. The quantitative estimate of drug-likeness (QED) is 0.452. The SMILES string of the molecule is COc1ccc(C(=O)N(C)C)cc1NC(=O)c1cc2c(C)nn(Cc3ccc(F)cc3)c2s1. The number of carbonyl (C=O) groups is 2. The maximum atomic E-state index is 13.2. The Labute approximate surface area is 194 Å². The number of amides is 2. The summed E-state index contributed by atoms with van der Waals surface area (Å²) in [5.74, 6) is -0.316. The van der Waals surface area contributed by atoms with Crippen LogP contribution in [0.4, 0.5) is 10.1 Å². The molecule has 2 aromatic carbocycles. The van der Waals surface area contributed by atoms with Gasteiger partial charge in [-0.15, -0.1) is 11.3 Å². The summed E-state index contributed by atoms with van der Waals surface area (Å²) in [5, 5.41) is 8.31. The molecule has 2 amide bonds. The van der Waals surface area contributed by atoms with Gasteiger partial charge in [-0.2, -0.15) is 5.10 Å². The molecule has 0 unspecified atom stereocenters. The van der Waals surface area contributed by atoms with E-state index < -0.39 is 0 Å². The molecule has 4 rings (SSSR count). The van der Waals surface area contributed by atoms with Crippen molar-refractivity contribution in [2.75, 3.05) is 26.5 Å². The Morgan fingerprint density at radius 3 is 2.55 bits per heavy atom. The third-order valence-electron chi connectivity index (χ3n) is 5.18. The van der Waals surface area contributed by atoms with Gasteiger partial charge in [0.05, 0.1) is 29.9 Å². The Bertz CT molecular complexity index is 1340. The summed E-state index contributed by atoms with van der Waals surface area (Å²) in [4.78, 5) is 28.2. The number of rotatable bonds is 6. The van der Waals surface area contributed by atoms with Crippen LogP contribution in [0.1, 0.15) is 31.3 Å². The molecule has 4 aromatic rings. The van der Waals surface area contributed by atoms with Crippen LogP contribution in [0.2, 0.25) is 0 Å². The third-order valence-corrected chi connectivity index (χ3v) is 6.32. The minimum absolute atomic E-state index is 0.175. The number of hydrogen-bond donors (Lipinski definition) is 1. The van der Waals surface area contributed by atoms with Gasteiger partial charge in [-0.3, -0.25) is 14.3 Å². The average Bonchev–Trinajstić information content (AvgIpc) is 3.36. The Balaban J connectivity index is 1.62. The first-order chi connectivity index (χ1) is 15.8. The standard InChI is InChI=1S/C24H23FN4O3S/c1-14-18-12-21(33-24(18)29(27-14)13-15-5-8-17(25)9-6-15)22(30)26-19-11-16(23(31)28(2)3)7-10-20(19)32-4/h5-12H,13H2,1-4H3,(H,26,30). The second-order valence-electron chi connectivity index (χ2n) is 7.77. The van der Waals surface area contributed by atoms with Gasteiger partial charge >= 0.3 is 0 Å². The lowest BCUT2D eigenvalue weighted by molar-refractivity contribution is 0.0827. The molecule has 7 nitrogen and oxygen atoms in total. The number of ether oxygens (including phenoxy) is 1. The molecule has 2 heterocycles. The predicted molar refractivity (Wildman–Crippen MR) is 127 cm³/mol. The number of aromatic nitrogens is 2. The summed E-state index contributed by atoms with van der Waals surface area (Å²) in [5.41, 5.74) is 2.57. The van der Waals surface area contributed by atoms with E-state index in [-0.39, 0.29) is 17.6 Å². The highest BCUT2D eigenvalue weighted by atomic mass is 32.1. The molecule has 0 fully saturated rings. The number of fused-ring (bicyclic) bond motifs is 1. The van der Waals surface area contributed by atoms with Crippen molar-refractivity contribution in [2.45, 2.75) is 13.5 Å². The molecule has 33 heavy (non-hydrogen) atoms. The smallest absolute Gasteiger partial charge is 0.265 e. The van der Waals surface area contributed by atoms with Crippen LogP contribution >= 0.6 is 11.3 Å². The van der Waals surface area contributed by atoms with Crippen molar-refractivity contribution >= 4 is 39.1 Å². The molecule has 0 aliphatic heterocycles. The zero-order valence-electron chi connectivity index (χ0n) is 18.7. The summed E-state index contributed by atoms with van der Waals surface area (Å²) in [6.07, 6.45) is 0. The summed E-state index contributed by atoms with van der Waals surface area (Å²) in [7, 11) is 4.84. The van der Waals surface area contributed by atoms with E-state index in [9.17, 15) is 14.0 Å². The Kier molecular flexibility index (Phi) is 6.15. The predicted octanol–water partition coefficient (Wildman–Crippen LogP) is 4.56. The van der Waals surface area contributed by atoms with E-state index in [1.54, 1.807) is 50.5 Å². The monoisotopic (exact) mass is 466 g/mol. The molecule has 1 N–H and O–H groups in total. The summed E-state index contributed by atoms with van der Waals surface area (Å²) >= 11 is 1.32. The van der Waals surface area contributed by atoms with Gasteiger partial charge < -0.3 is 15.0 Å². The first-order valence-electron chi connectivity index (χ1n) is 10.2. The largest absolute Gasteiger partial charge is 0.495 e. The van der Waals surface area contributed by atoms with Crippen molar-refractivity contribution in [3.8, 4) is 5.75 Å². The van der Waals surface area contributed by atoms with Crippen molar-refractivity contribution in [3.05, 3.63) is 76.0 Å². The highest BCUT2D eigenvalue weighted by molar-refractivity contribution is 7.20. The fourth-order valence-electron chi connectivity index (χ4n) is 3.48. The average molecular weight is 467 g/mol. The molecule has 0 aliphatic rings. The van der Waals surface area contributed by atoms with Crippen LogP contribution in [0.3, 0.4) is 0 Å². The van der Waals surface area contributed by atoms with Crippen molar-refractivity contribution in [1.29, 1.82) is 0 Å². The van der Waals surface area contributed by atoms with Crippen LogP contribution in [0.15, 0.2) is 48.5 Å². The lowest BCUT2D eigenvalue weighted by Gasteiger charge is -2.14. The van der Waals surface area contributed by atoms with E-state index in [4.69, 9.17) is 4.74 Å². The fourth-order valence-corrected chi connectivity index (χ4v) is 4.53. The van der Waals surface area contributed by atoms with Gasteiger partial charge in [0.2, 0.25) is 0 Å². The first kappa shape index (κ1) is 22.5. The molecule has 170 valence electrons. The third kappa shape index (κ3) is 4.58. The van der Waals surface area contributed by atoms with Crippen molar-refractivity contribution < 1.29 is 18.7 Å². The van der Waals surface area contributed by atoms with E-state index in [0.717, 1.165) is 21.5 Å². The molecule has 9 heteroatoms. The second-order valence-corrected chi connectivity index (χ2v) is 8.80. The van der Waals surface area contributed by atoms with Gasteiger partial charge in [0.1, 0.15) is 16.4 Å². The summed E-state index contributed by atoms with van der Waals surface area (Å²) in [6, 6.07) is 13.0. The number of aryl methyl sites for hydroxylation is 1. The summed E-state index contributed by atoms with van der Waals surface area (Å²) < 4.78 is 20.4. The van der Waals surface area contributed by atoms with Crippen LogP contribution in [0, 0.1) is 12.7 Å². The number of carbonyl (C=O) groups excluding carboxylic acids is 2. The number of nitrogens with zero attached hydrogens (tertiary/aromatic N) is 3. The number of hydrogen-bond acceptors (Lipinski definition) is 5. The second kappa shape index (κ2) is 9.03. The Morgan fingerprint density at radius 1 is 1.15 bits per heavy atom. The minimum Gasteiger partial charge on any atom is -0.495 e. The molecule has 0 spiro atoms. The lowest BCUT2D eigenvalue weighted by Crippen LogP contribution is -2.22. The molecule has 0 saturated carbocycles. The Hall–Kier alpha value is -3.72. The van der Waals surface area contributed by atoms with Gasteiger partial charge in [-0.1, -0.05) is 12.1 Å². The zero-order chi connectivity index (χ0) is 23.7. The number of methoxy groups -OCH3 is 1. The van der Waals surface area contributed by atoms with Crippen molar-refractivity contribution in [1.82, 2.24) is 14.7 Å². The first-order valence-corrected chi connectivity index (χ1v) is 11.0. The number of thiophene rings is 1. The summed E-state index contributed by atoms with van der Waals surface area (Å²) in [6.45, 7) is 2.35. The van der Waals surface area contributed by atoms with Crippen LogP contribution < -0.4 is 10.1 Å². The van der Waals surface area contributed by atoms with Crippen LogP contribution in [0.5, 0.6) is 5.75 Å². The Morgan fingerprint density at radius 2 is 1.88 bits per heavy atom. The molecule has 0 radical (unpaired) electrons. The zero-order valence-corrected chi connectivity index (χ0v) is 19.5. The highest BCUT2D eigenvalue weighted by Crippen LogP contribution is 2.31. The van der Waals surface area contributed by atoms with Gasteiger partial charge in [-0.25, -0.2) is 4.39 Å². The highest BCUT2D eigenvalue weighted by Gasteiger charge is 2.19. The molecule has 0 saturated heterocycles.